The van der Waals surface area contributed by atoms with Gasteiger partial charge in [0.15, 0.2) is 0 Å². The summed E-state index contributed by atoms with van der Waals surface area (Å²) in [6.45, 7) is 2.38. The van der Waals surface area contributed by atoms with Crippen LogP contribution >= 0.6 is 0 Å². The molecule has 0 aliphatic carbocycles. The minimum atomic E-state index is -3.80. The predicted octanol–water partition coefficient (Wildman–Crippen LogP) is 0.363. The van der Waals surface area contributed by atoms with Gasteiger partial charge >= 0.3 is 0 Å². The van der Waals surface area contributed by atoms with E-state index in [4.69, 9.17) is 15.6 Å². The number of rotatable bonds is 5. The molecule has 0 heterocycles. The first-order valence-corrected chi connectivity index (χ1v) is 6.57. The Balaban J connectivity index is 3.03. The normalized spacial score (nSPS) is 13.4. The number of sulfonamides is 1. The molecule has 0 aromatic heterocycles. The fraction of sp³-hybridized carbons (Fsp3) is 0.400. The third-order valence-corrected chi connectivity index (χ3v) is 3.16. The summed E-state index contributed by atoms with van der Waals surface area (Å²) in [6.07, 6.45) is 0. The first kappa shape index (κ1) is 13.8. The van der Waals surface area contributed by atoms with Crippen LogP contribution in [0.1, 0.15) is 6.92 Å². The number of primary sulfonamides is 1. The molecule has 0 radical (unpaired) electrons. The molecule has 6 nitrogen and oxygen atoms in total. The summed E-state index contributed by atoms with van der Waals surface area (Å²) in [4.78, 5) is -0.0767. The first-order chi connectivity index (χ1) is 7.86. The zero-order valence-corrected chi connectivity index (χ0v) is 10.6. The van der Waals surface area contributed by atoms with Crippen LogP contribution in [0.2, 0.25) is 0 Å². The molecular formula is C10H17N3O3S. The number of ether oxygens (including phenoxy) is 1. The highest BCUT2D eigenvalue weighted by atomic mass is 32.2. The lowest BCUT2D eigenvalue weighted by molar-refractivity contribution is 0.190. The molecule has 5 N–H and O–H groups in total. The number of anilines is 2. The average Bonchev–Trinajstić information content (AvgIpc) is 2.19. The Kier molecular flexibility index (Phi) is 4.33. The summed E-state index contributed by atoms with van der Waals surface area (Å²) in [5.41, 5.74) is 6.40. The number of nitrogens with one attached hydrogen (secondary N) is 1. The molecule has 96 valence electrons. The second kappa shape index (κ2) is 5.35. The maximum atomic E-state index is 11.3. The molecule has 1 aromatic rings. The molecular weight excluding hydrogens is 242 g/mol. The smallest absolute Gasteiger partial charge is 0.240 e. The second-order valence-electron chi connectivity index (χ2n) is 3.76. The fourth-order valence-corrected chi connectivity index (χ4v) is 2.16. The lowest BCUT2D eigenvalue weighted by Crippen LogP contribution is -2.22. The van der Waals surface area contributed by atoms with Gasteiger partial charge in [-0.1, -0.05) is 6.07 Å². The van der Waals surface area contributed by atoms with Crippen molar-refractivity contribution in [3.63, 3.8) is 0 Å². The average molecular weight is 259 g/mol. The van der Waals surface area contributed by atoms with Gasteiger partial charge < -0.3 is 15.8 Å². The van der Waals surface area contributed by atoms with Crippen LogP contribution in [0.25, 0.3) is 0 Å². The molecule has 17 heavy (non-hydrogen) atoms. The molecule has 1 unspecified atom stereocenters. The maximum Gasteiger partial charge on any atom is 0.240 e. The highest BCUT2D eigenvalue weighted by Gasteiger charge is 2.15. The van der Waals surface area contributed by atoms with Gasteiger partial charge in [0.25, 0.3) is 0 Å². The Labute approximate surface area is 101 Å². The lowest BCUT2D eigenvalue weighted by atomic mass is 10.2. The fourth-order valence-electron chi connectivity index (χ4n) is 1.48. The van der Waals surface area contributed by atoms with E-state index in [1.54, 1.807) is 19.2 Å². The maximum absolute atomic E-state index is 11.3. The Hall–Kier alpha value is -1.31. The van der Waals surface area contributed by atoms with Gasteiger partial charge in [-0.15, -0.1) is 0 Å². The third-order valence-electron chi connectivity index (χ3n) is 2.19. The predicted molar refractivity (Wildman–Crippen MR) is 67.2 cm³/mol. The molecule has 0 saturated carbocycles. The minimum Gasteiger partial charge on any atom is -0.396 e. The van der Waals surface area contributed by atoms with Gasteiger partial charge in [-0.05, 0) is 19.1 Å². The van der Waals surface area contributed by atoms with Crippen molar-refractivity contribution in [3.8, 4) is 0 Å². The molecule has 0 amide bonds. The van der Waals surface area contributed by atoms with E-state index in [2.05, 4.69) is 5.32 Å². The molecule has 0 aliphatic heterocycles. The van der Waals surface area contributed by atoms with Crippen molar-refractivity contribution < 1.29 is 13.2 Å². The van der Waals surface area contributed by atoms with E-state index < -0.39 is 10.0 Å². The number of nitrogen functional groups attached to an aromatic ring is 1. The van der Waals surface area contributed by atoms with Crippen LogP contribution in [0.5, 0.6) is 0 Å². The second-order valence-corrected chi connectivity index (χ2v) is 5.29. The van der Waals surface area contributed by atoms with Crippen molar-refractivity contribution in [2.75, 3.05) is 24.8 Å². The summed E-state index contributed by atoms with van der Waals surface area (Å²) in [6, 6.07) is 4.66. The van der Waals surface area contributed by atoms with E-state index in [1.165, 1.54) is 6.07 Å². The van der Waals surface area contributed by atoms with E-state index in [1.807, 2.05) is 6.92 Å². The van der Waals surface area contributed by atoms with Crippen LogP contribution < -0.4 is 16.2 Å². The van der Waals surface area contributed by atoms with Crippen molar-refractivity contribution in [2.45, 2.75) is 17.9 Å². The number of methoxy groups -OCH3 is 1. The number of hydrogen-bond donors (Lipinski definition) is 3. The zero-order chi connectivity index (χ0) is 13.1. The summed E-state index contributed by atoms with van der Waals surface area (Å²) >= 11 is 0. The number of nitrogens with two attached hydrogens (primary N) is 2. The molecule has 1 aromatic carbocycles. The van der Waals surface area contributed by atoms with Gasteiger partial charge in [0.1, 0.15) is 4.90 Å². The van der Waals surface area contributed by atoms with Crippen molar-refractivity contribution in [3.05, 3.63) is 18.2 Å². The molecule has 0 saturated heterocycles. The minimum absolute atomic E-state index is 0.0121. The summed E-state index contributed by atoms with van der Waals surface area (Å²) in [7, 11) is -2.21. The van der Waals surface area contributed by atoms with Gasteiger partial charge in [-0.25, -0.2) is 13.6 Å². The Morgan fingerprint density at radius 1 is 1.47 bits per heavy atom. The molecule has 0 spiro atoms. The van der Waals surface area contributed by atoms with Crippen LogP contribution in [0.15, 0.2) is 23.1 Å². The first-order valence-electron chi connectivity index (χ1n) is 5.03. The SMILES string of the molecule is COCC(C)Nc1cccc(S(N)(=O)=O)c1N. The Morgan fingerprint density at radius 3 is 2.65 bits per heavy atom. The molecule has 0 aliphatic rings. The van der Waals surface area contributed by atoms with E-state index in [9.17, 15) is 8.42 Å². The van der Waals surface area contributed by atoms with Crippen molar-refractivity contribution in [2.24, 2.45) is 5.14 Å². The van der Waals surface area contributed by atoms with E-state index in [0.29, 0.717) is 12.3 Å². The van der Waals surface area contributed by atoms with Crippen molar-refractivity contribution >= 4 is 21.4 Å². The zero-order valence-electron chi connectivity index (χ0n) is 9.80. The van der Waals surface area contributed by atoms with Crippen LogP contribution in [0, 0.1) is 0 Å². The molecule has 0 fully saturated rings. The summed E-state index contributed by atoms with van der Waals surface area (Å²) in [5, 5.41) is 8.11. The molecule has 7 heteroatoms. The van der Waals surface area contributed by atoms with E-state index in [-0.39, 0.29) is 16.6 Å². The van der Waals surface area contributed by atoms with Gasteiger partial charge in [-0.3, -0.25) is 0 Å². The highest BCUT2D eigenvalue weighted by Crippen LogP contribution is 2.26. The van der Waals surface area contributed by atoms with E-state index >= 15 is 0 Å². The highest BCUT2D eigenvalue weighted by molar-refractivity contribution is 7.89. The molecule has 1 rings (SSSR count). The summed E-state index contributed by atoms with van der Waals surface area (Å²) < 4.78 is 27.5. The molecule has 1 atom stereocenters. The lowest BCUT2D eigenvalue weighted by Gasteiger charge is -2.17. The number of hydrogen-bond acceptors (Lipinski definition) is 5. The van der Waals surface area contributed by atoms with Gasteiger partial charge in [-0.2, -0.15) is 0 Å². The standard InChI is InChI=1S/C10H17N3O3S/c1-7(6-16-2)13-8-4-3-5-9(10(8)11)17(12,14)15/h3-5,7,13H,6,11H2,1-2H3,(H2,12,14,15). The largest absolute Gasteiger partial charge is 0.396 e. The number of benzene rings is 1. The van der Waals surface area contributed by atoms with Gasteiger partial charge in [0.05, 0.1) is 18.0 Å². The van der Waals surface area contributed by atoms with Crippen LogP contribution in [0.4, 0.5) is 11.4 Å². The van der Waals surface area contributed by atoms with Crippen molar-refractivity contribution in [1.82, 2.24) is 0 Å². The van der Waals surface area contributed by atoms with Crippen LogP contribution in [-0.2, 0) is 14.8 Å². The monoisotopic (exact) mass is 259 g/mol. The van der Waals surface area contributed by atoms with Crippen LogP contribution in [-0.4, -0.2) is 28.2 Å². The number of para-hydroxylation sites is 1. The topological polar surface area (TPSA) is 107 Å². The van der Waals surface area contributed by atoms with Gasteiger partial charge in [0, 0.05) is 13.2 Å². The summed E-state index contributed by atoms with van der Waals surface area (Å²) in [5.74, 6) is 0. The van der Waals surface area contributed by atoms with Gasteiger partial charge in [0.2, 0.25) is 10.0 Å². The third kappa shape index (κ3) is 3.58. The van der Waals surface area contributed by atoms with Crippen molar-refractivity contribution in [1.29, 1.82) is 0 Å². The molecule has 0 bridgehead atoms. The van der Waals surface area contributed by atoms with Crippen LogP contribution in [0.3, 0.4) is 0 Å². The quantitative estimate of drug-likeness (QED) is 0.662. The van der Waals surface area contributed by atoms with E-state index in [0.717, 1.165) is 0 Å². The Morgan fingerprint density at radius 2 is 2.12 bits per heavy atom. The Bertz CT molecular complexity index is 488.